The van der Waals surface area contributed by atoms with Gasteiger partial charge in [0.15, 0.2) is 0 Å². The van der Waals surface area contributed by atoms with Crippen molar-refractivity contribution in [2.45, 2.75) is 6.42 Å². The Bertz CT molecular complexity index is 880. The van der Waals surface area contributed by atoms with Crippen molar-refractivity contribution in [3.05, 3.63) is 89.8 Å². The van der Waals surface area contributed by atoms with Gasteiger partial charge in [0, 0.05) is 18.4 Å². The topological polar surface area (TPSA) is 54.0 Å². The predicted molar refractivity (Wildman–Crippen MR) is 96.4 cm³/mol. The number of pyridine rings is 1. The van der Waals surface area contributed by atoms with Crippen LogP contribution in [0.4, 0.5) is 20.2 Å². The van der Waals surface area contributed by atoms with Crippen LogP contribution in [0.5, 0.6) is 0 Å². The van der Waals surface area contributed by atoms with E-state index in [-0.39, 0.29) is 17.5 Å². The van der Waals surface area contributed by atoms with Gasteiger partial charge < -0.3 is 10.6 Å². The highest BCUT2D eigenvalue weighted by Crippen LogP contribution is 2.17. The van der Waals surface area contributed by atoms with Crippen molar-refractivity contribution in [1.82, 2.24) is 10.3 Å². The van der Waals surface area contributed by atoms with Crippen molar-refractivity contribution in [2.75, 3.05) is 11.9 Å². The Morgan fingerprint density at radius 1 is 0.885 bits per heavy atom. The Hall–Kier alpha value is -3.28. The number of amides is 1. The Labute approximate surface area is 149 Å². The third-order valence-corrected chi connectivity index (χ3v) is 3.75. The van der Waals surface area contributed by atoms with Crippen LogP contribution in [0, 0.1) is 11.6 Å². The first kappa shape index (κ1) is 17.5. The SMILES string of the molecule is O=C(NCCc1ccc(F)cc1)c1cncc(Nc2ccc(F)cc2)c1. The fourth-order valence-electron chi connectivity index (χ4n) is 2.41. The number of nitrogens with one attached hydrogen (secondary N) is 2. The molecule has 4 nitrogen and oxygen atoms in total. The standard InChI is InChI=1S/C20H17F2N3O/c21-16-3-1-14(2-4-16)9-10-24-20(26)15-11-19(13-23-12-15)25-18-7-5-17(22)6-8-18/h1-8,11-13,25H,9-10H2,(H,24,26). The van der Waals surface area contributed by atoms with E-state index in [2.05, 4.69) is 15.6 Å². The largest absolute Gasteiger partial charge is 0.354 e. The van der Waals surface area contributed by atoms with E-state index in [0.29, 0.717) is 29.9 Å². The van der Waals surface area contributed by atoms with Gasteiger partial charge in [-0.2, -0.15) is 0 Å². The minimum absolute atomic E-state index is 0.248. The fourth-order valence-corrected chi connectivity index (χ4v) is 2.41. The number of hydrogen-bond acceptors (Lipinski definition) is 3. The number of anilines is 2. The second-order valence-electron chi connectivity index (χ2n) is 5.73. The highest BCUT2D eigenvalue weighted by Gasteiger charge is 2.07. The monoisotopic (exact) mass is 353 g/mol. The molecule has 3 rings (SSSR count). The molecular weight excluding hydrogens is 336 g/mol. The highest BCUT2D eigenvalue weighted by molar-refractivity contribution is 5.94. The quantitative estimate of drug-likeness (QED) is 0.702. The smallest absolute Gasteiger partial charge is 0.252 e. The van der Waals surface area contributed by atoms with Crippen LogP contribution in [0.3, 0.4) is 0 Å². The molecule has 132 valence electrons. The molecule has 0 spiro atoms. The van der Waals surface area contributed by atoms with E-state index >= 15 is 0 Å². The van der Waals surface area contributed by atoms with E-state index in [1.165, 1.54) is 30.5 Å². The van der Waals surface area contributed by atoms with Crippen molar-refractivity contribution in [3.8, 4) is 0 Å². The normalized spacial score (nSPS) is 10.4. The summed E-state index contributed by atoms with van der Waals surface area (Å²) < 4.78 is 25.8. The number of nitrogens with zero attached hydrogens (tertiary/aromatic N) is 1. The van der Waals surface area contributed by atoms with Crippen LogP contribution < -0.4 is 10.6 Å². The maximum Gasteiger partial charge on any atom is 0.252 e. The van der Waals surface area contributed by atoms with Crippen LogP contribution in [0.15, 0.2) is 67.0 Å². The Balaban J connectivity index is 1.57. The lowest BCUT2D eigenvalue weighted by Crippen LogP contribution is -2.25. The summed E-state index contributed by atoms with van der Waals surface area (Å²) in [6.07, 6.45) is 3.66. The highest BCUT2D eigenvalue weighted by atomic mass is 19.1. The van der Waals surface area contributed by atoms with Crippen LogP contribution in [0.1, 0.15) is 15.9 Å². The maximum atomic E-state index is 12.9. The summed E-state index contributed by atoms with van der Waals surface area (Å²) in [5, 5.41) is 5.88. The molecule has 0 aliphatic carbocycles. The van der Waals surface area contributed by atoms with Gasteiger partial charge in [0.1, 0.15) is 11.6 Å². The Morgan fingerprint density at radius 3 is 2.23 bits per heavy atom. The molecule has 1 heterocycles. The third-order valence-electron chi connectivity index (χ3n) is 3.75. The Kier molecular flexibility index (Phi) is 5.53. The molecule has 6 heteroatoms. The molecule has 2 N–H and O–H groups in total. The van der Waals surface area contributed by atoms with Crippen molar-refractivity contribution in [1.29, 1.82) is 0 Å². The molecule has 0 atom stereocenters. The molecule has 0 radical (unpaired) electrons. The summed E-state index contributed by atoms with van der Waals surface area (Å²) in [6.45, 7) is 0.431. The summed E-state index contributed by atoms with van der Waals surface area (Å²) in [5.41, 5.74) is 2.68. The lowest BCUT2D eigenvalue weighted by molar-refractivity contribution is 0.0954. The van der Waals surface area contributed by atoms with Crippen molar-refractivity contribution < 1.29 is 13.6 Å². The number of halogens is 2. The molecule has 26 heavy (non-hydrogen) atoms. The van der Waals surface area contributed by atoms with Crippen LogP contribution in [-0.2, 0) is 6.42 Å². The molecule has 0 saturated heterocycles. The molecule has 1 amide bonds. The van der Waals surface area contributed by atoms with E-state index < -0.39 is 0 Å². The molecule has 1 aromatic heterocycles. The second kappa shape index (κ2) is 8.20. The zero-order chi connectivity index (χ0) is 18.4. The molecular formula is C20H17F2N3O. The number of rotatable bonds is 6. The zero-order valence-electron chi connectivity index (χ0n) is 13.9. The van der Waals surface area contributed by atoms with Gasteiger partial charge >= 0.3 is 0 Å². The minimum Gasteiger partial charge on any atom is -0.354 e. The second-order valence-corrected chi connectivity index (χ2v) is 5.73. The van der Waals surface area contributed by atoms with E-state index in [1.54, 1.807) is 36.5 Å². The molecule has 2 aromatic carbocycles. The van der Waals surface area contributed by atoms with Gasteiger partial charge in [-0.05, 0) is 54.4 Å². The van der Waals surface area contributed by atoms with Gasteiger partial charge in [0.25, 0.3) is 5.91 Å². The lowest BCUT2D eigenvalue weighted by Gasteiger charge is -2.09. The van der Waals surface area contributed by atoms with Gasteiger partial charge in [-0.3, -0.25) is 9.78 Å². The molecule has 0 aliphatic heterocycles. The van der Waals surface area contributed by atoms with Gasteiger partial charge in [0.05, 0.1) is 17.4 Å². The molecule has 0 aliphatic rings. The molecule has 0 bridgehead atoms. The summed E-state index contributed by atoms with van der Waals surface area (Å²) in [7, 11) is 0. The summed E-state index contributed by atoms with van der Waals surface area (Å²) >= 11 is 0. The van der Waals surface area contributed by atoms with E-state index in [1.807, 2.05) is 0 Å². The van der Waals surface area contributed by atoms with Crippen LogP contribution in [0.2, 0.25) is 0 Å². The number of hydrogen-bond donors (Lipinski definition) is 2. The first-order valence-corrected chi connectivity index (χ1v) is 8.10. The number of benzene rings is 2. The summed E-state index contributed by atoms with van der Waals surface area (Å²) in [5.74, 6) is -0.848. The molecule has 0 fully saturated rings. The summed E-state index contributed by atoms with van der Waals surface area (Å²) in [4.78, 5) is 16.3. The zero-order valence-corrected chi connectivity index (χ0v) is 13.9. The molecule has 3 aromatic rings. The van der Waals surface area contributed by atoms with Crippen LogP contribution >= 0.6 is 0 Å². The summed E-state index contributed by atoms with van der Waals surface area (Å²) in [6, 6.07) is 13.7. The minimum atomic E-state index is -0.317. The van der Waals surface area contributed by atoms with Gasteiger partial charge in [0.2, 0.25) is 0 Å². The Morgan fingerprint density at radius 2 is 1.54 bits per heavy atom. The van der Waals surface area contributed by atoms with Gasteiger partial charge in [-0.1, -0.05) is 12.1 Å². The lowest BCUT2D eigenvalue weighted by atomic mass is 10.1. The average Bonchev–Trinajstić information content (AvgIpc) is 2.65. The van der Waals surface area contributed by atoms with Crippen molar-refractivity contribution in [2.24, 2.45) is 0 Å². The van der Waals surface area contributed by atoms with E-state index in [4.69, 9.17) is 0 Å². The predicted octanol–water partition coefficient (Wildman–Crippen LogP) is 4.08. The van der Waals surface area contributed by atoms with Crippen molar-refractivity contribution in [3.63, 3.8) is 0 Å². The van der Waals surface area contributed by atoms with Gasteiger partial charge in [-0.15, -0.1) is 0 Å². The molecule has 0 saturated carbocycles. The number of carbonyl (C=O) groups excluding carboxylic acids is 1. The molecule has 0 unspecified atom stereocenters. The first-order chi connectivity index (χ1) is 12.6. The third kappa shape index (κ3) is 4.86. The van der Waals surface area contributed by atoms with Gasteiger partial charge in [-0.25, -0.2) is 8.78 Å². The van der Waals surface area contributed by atoms with Crippen LogP contribution in [0.25, 0.3) is 0 Å². The average molecular weight is 353 g/mol. The van der Waals surface area contributed by atoms with Crippen molar-refractivity contribution >= 4 is 17.3 Å². The fraction of sp³-hybridized carbons (Fsp3) is 0.100. The van der Waals surface area contributed by atoms with E-state index in [9.17, 15) is 13.6 Å². The maximum absolute atomic E-state index is 12.9. The van der Waals surface area contributed by atoms with Crippen LogP contribution in [-0.4, -0.2) is 17.4 Å². The first-order valence-electron chi connectivity index (χ1n) is 8.10. The number of aromatic nitrogens is 1. The number of carbonyl (C=O) groups is 1. The van der Waals surface area contributed by atoms with E-state index in [0.717, 1.165) is 5.56 Å².